The molecule has 2 nitrogen and oxygen atoms in total. The highest BCUT2D eigenvalue weighted by atomic mass is 35.7. The van der Waals surface area contributed by atoms with E-state index in [2.05, 4.69) is 0 Å². The molecule has 0 aromatic carbocycles. The van der Waals surface area contributed by atoms with Crippen molar-refractivity contribution in [3.05, 3.63) is 0 Å². The summed E-state index contributed by atoms with van der Waals surface area (Å²) in [7, 11) is 0.159. The van der Waals surface area contributed by atoms with E-state index in [1.165, 1.54) is 0 Å². The molecule has 0 N–H and O–H groups in total. The van der Waals surface area contributed by atoms with Crippen molar-refractivity contribution in [2.75, 3.05) is 0 Å². The Hall–Kier alpha value is 0.0300. The Morgan fingerprint density at radius 2 is 1.79 bits per heavy atom. The fourth-order valence-electron chi connectivity index (χ4n) is 1.04. The first kappa shape index (κ1) is 14.0. The van der Waals surface area contributed by atoms with Crippen LogP contribution in [0.3, 0.4) is 0 Å². The zero-order valence-corrected chi connectivity index (χ0v) is 9.21. The average molecular weight is 253 g/mol. The second kappa shape index (κ2) is 5.21. The van der Waals surface area contributed by atoms with Crippen molar-refractivity contribution in [1.82, 2.24) is 0 Å². The topological polar surface area (TPSA) is 34.1 Å². The van der Waals surface area contributed by atoms with Crippen molar-refractivity contribution < 1.29 is 21.6 Å². The smallest absolute Gasteiger partial charge is 0.212 e. The van der Waals surface area contributed by atoms with Gasteiger partial charge in [-0.3, -0.25) is 0 Å². The Balaban J connectivity index is 4.45. The van der Waals surface area contributed by atoms with E-state index in [4.69, 9.17) is 10.7 Å². The van der Waals surface area contributed by atoms with Crippen LogP contribution >= 0.6 is 10.7 Å². The fourth-order valence-corrected chi connectivity index (χ4v) is 2.38. The van der Waals surface area contributed by atoms with E-state index in [1.807, 2.05) is 6.92 Å². The van der Waals surface area contributed by atoms with Crippen LogP contribution in [0.25, 0.3) is 0 Å². The van der Waals surface area contributed by atoms with Crippen LogP contribution in [0.4, 0.5) is 13.2 Å². The van der Waals surface area contributed by atoms with Crippen LogP contribution in [-0.4, -0.2) is 19.8 Å². The molecule has 0 rings (SSSR count). The van der Waals surface area contributed by atoms with Gasteiger partial charge in [0.1, 0.15) is 0 Å². The second-order valence-electron chi connectivity index (χ2n) is 3.00. The minimum Gasteiger partial charge on any atom is -0.212 e. The molecule has 86 valence electrons. The molecule has 0 radical (unpaired) electrons. The maximum absolute atomic E-state index is 12.2. The molecule has 0 amide bonds. The summed E-state index contributed by atoms with van der Waals surface area (Å²) in [5.74, 6) is 0. The van der Waals surface area contributed by atoms with Crippen molar-refractivity contribution in [2.24, 2.45) is 0 Å². The molecule has 0 spiro atoms. The predicted octanol–water partition coefficient (Wildman–Crippen LogP) is 3.07. The average Bonchev–Trinajstić information content (AvgIpc) is 1.92. The Labute approximate surface area is 85.9 Å². The van der Waals surface area contributed by atoms with E-state index in [9.17, 15) is 21.6 Å². The van der Waals surface area contributed by atoms with Gasteiger partial charge in [0.05, 0.1) is 0 Å². The summed E-state index contributed by atoms with van der Waals surface area (Å²) >= 11 is 0. The molecular formula is C7H12ClF3O2S. The van der Waals surface area contributed by atoms with E-state index in [-0.39, 0.29) is 6.42 Å². The van der Waals surface area contributed by atoms with Gasteiger partial charge in [0, 0.05) is 10.7 Å². The highest BCUT2D eigenvalue weighted by Gasteiger charge is 2.47. The molecule has 0 saturated heterocycles. The van der Waals surface area contributed by atoms with Gasteiger partial charge in [0.25, 0.3) is 0 Å². The summed E-state index contributed by atoms with van der Waals surface area (Å²) in [5.41, 5.74) is 0. The lowest BCUT2D eigenvalue weighted by molar-refractivity contribution is -0.131. The molecule has 0 aromatic heterocycles. The first-order valence-corrected chi connectivity index (χ1v) is 6.57. The maximum atomic E-state index is 12.2. The second-order valence-corrected chi connectivity index (χ2v) is 5.81. The highest BCUT2D eigenvalue weighted by molar-refractivity contribution is 8.14. The number of alkyl halides is 3. The van der Waals surface area contributed by atoms with Gasteiger partial charge in [-0.05, 0) is 6.42 Å². The molecular weight excluding hydrogens is 241 g/mol. The highest BCUT2D eigenvalue weighted by Crippen LogP contribution is 2.31. The van der Waals surface area contributed by atoms with Crippen LogP contribution in [0.5, 0.6) is 0 Å². The van der Waals surface area contributed by atoms with Gasteiger partial charge >= 0.3 is 6.18 Å². The number of rotatable bonds is 5. The minimum absolute atomic E-state index is 0.215. The molecule has 0 aliphatic heterocycles. The molecule has 0 aromatic rings. The molecule has 0 heterocycles. The molecule has 0 fully saturated rings. The molecule has 14 heavy (non-hydrogen) atoms. The molecule has 1 atom stereocenters. The van der Waals surface area contributed by atoms with Crippen molar-refractivity contribution >= 4 is 19.7 Å². The van der Waals surface area contributed by atoms with Crippen LogP contribution in [0.15, 0.2) is 0 Å². The molecule has 0 saturated carbocycles. The largest absolute Gasteiger partial charge is 0.406 e. The number of hydrogen-bond donors (Lipinski definition) is 0. The third-order valence-electron chi connectivity index (χ3n) is 1.77. The zero-order valence-electron chi connectivity index (χ0n) is 7.64. The molecule has 1 unspecified atom stereocenters. The van der Waals surface area contributed by atoms with Gasteiger partial charge in [0.2, 0.25) is 9.05 Å². The first-order valence-electron chi connectivity index (χ1n) is 4.19. The van der Waals surface area contributed by atoms with Crippen LogP contribution in [0, 0.1) is 0 Å². The van der Waals surface area contributed by atoms with Crippen molar-refractivity contribution in [3.8, 4) is 0 Å². The fraction of sp³-hybridized carbons (Fsp3) is 1.00. The number of hydrogen-bond acceptors (Lipinski definition) is 2. The van der Waals surface area contributed by atoms with Crippen LogP contribution in [0.2, 0.25) is 0 Å². The summed E-state index contributed by atoms with van der Waals surface area (Å²) in [6.07, 6.45) is -3.71. The quantitative estimate of drug-likeness (QED) is 0.557. The normalized spacial score (nSPS) is 15.5. The Bertz CT molecular complexity index is 261. The predicted molar refractivity (Wildman–Crippen MR) is 48.8 cm³/mol. The van der Waals surface area contributed by atoms with Crippen molar-refractivity contribution in [3.63, 3.8) is 0 Å². The molecule has 0 bridgehead atoms. The van der Waals surface area contributed by atoms with Gasteiger partial charge in [-0.2, -0.15) is 13.2 Å². The lowest BCUT2D eigenvalue weighted by atomic mass is 10.1. The summed E-state index contributed by atoms with van der Waals surface area (Å²) in [6, 6.07) is 0. The number of halogens is 4. The molecule has 0 aliphatic rings. The molecule has 7 heteroatoms. The van der Waals surface area contributed by atoms with Gasteiger partial charge in [-0.15, -0.1) is 0 Å². The lowest BCUT2D eigenvalue weighted by Gasteiger charge is -2.16. The van der Waals surface area contributed by atoms with Gasteiger partial charge in [0.15, 0.2) is 5.25 Å². The van der Waals surface area contributed by atoms with E-state index in [0.29, 0.717) is 6.42 Å². The van der Waals surface area contributed by atoms with Crippen LogP contribution in [0.1, 0.15) is 32.6 Å². The third-order valence-corrected chi connectivity index (χ3v) is 3.60. The van der Waals surface area contributed by atoms with Crippen LogP contribution in [-0.2, 0) is 9.05 Å². The van der Waals surface area contributed by atoms with E-state index >= 15 is 0 Å². The Kier molecular flexibility index (Phi) is 5.22. The van der Waals surface area contributed by atoms with Crippen molar-refractivity contribution in [2.45, 2.75) is 44.0 Å². The van der Waals surface area contributed by atoms with E-state index < -0.39 is 26.9 Å². The summed E-state index contributed by atoms with van der Waals surface area (Å²) < 4.78 is 57.8. The van der Waals surface area contributed by atoms with Crippen LogP contribution < -0.4 is 0 Å². The van der Waals surface area contributed by atoms with Gasteiger partial charge in [-0.25, -0.2) is 8.42 Å². The van der Waals surface area contributed by atoms with Crippen molar-refractivity contribution in [1.29, 1.82) is 0 Å². The lowest BCUT2D eigenvalue weighted by Crippen LogP contribution is -2.33. The summed E-state index contributed by atoms with van der Waals surface area (Å²) in [4.78, 5) is 0. The van der Waals surface area contributed by atoms with Gasteiger partial charge in [-0.1, -0.05) is 26.2 Å². The first-order chi connectivity index (χ1) is 6.19. The Morgan fingerprint density at radius 1 is 1.29 bits per heavy atom. The third kappa shape index (κ3) is 5.05. The summed E-state index contributed by atoms with van der Waals surface area (Å²) in [5, 5.41) is -2.43. The monoisotopic (exact) mass is 252 g/mol. The molecule has 0 aliphatic carbocycles. The van der Waals surface area contributed by atoms with E-state index in [0.717, 1.165) is 6.42 Å². The Morgan fingerprint density at radius 3 is 2.07 bits per heavy atom. The SMILES string of the molecule is CCCCCC(C(F)(F)F)S(=O)(=O)Cl. The minimum atomic E-state index is -4.77. The summed E-state index contributed by atoms with van der Waals surface area (Å²) in [6.45, 7) is 1.82. The zero-order chi connectivity index (χ0) is 11.4. The van der Waals surface area contributed by atoms with E-state index in [1.54, 1.807) is 0 Å². The van der Waals surface area contributed by atoms with Gasteiger partial charge < -0.3 is 0 Å². The standard InChI is InChI=1S/C7H12ClF3O2S/c1-2-3-4-5-6(7(9,10)11)14(8,12)13/h6H,2-5H2,1H3. The number of unbranched alkanes of at least 4 members (excludes halogenated alkanes) is 2. The maximum Gasteiger partial charge on any atom is 0.406 e.